The molecule has 0 aliphatic rings. The molecule has 2 aromatic carbocycles. The first-order valence-electron chi connectivity index (χ1n) is 9.43. The van der Waals surface area contributed by atoms with Crippen LogP contribution in [0.25, 0.3) is 0 Å². The molecule has 0 saturated carbocycles. The number of sulfonamides is 1. The minimum absolute atomic E-state index is 0.0603. The lowest BCUT2D eigenvalue weighted by molar-refractivity contribution is 0.0951. The maximum atomic E-state index is 12.4. The lowest BCUT2D eigenvalue weighted by Crippen LogP contribution is -2.23. The largest absolute Gasteiger partial charge is 0.375 e. The number of carbonyl (C=O) groups is 1. The molecule has 0 spiro atoms. The van der Waals surface area contributed by atoms with Gasteiger partial charge in [-0.25, -0.2) is 13.1 Å². The van der Waals surface area contributed by atoms with Crippen molar-refractivity contribution in [1.82, 2.24) is 10.0 Å². The van der Waals surface area contributed by atoms with Crippen molar-refractivity contribution in [3.8, 4) is 0 Å². The summed E-state index contributed by atoms with van der Waals surface area (Å²) in [6.45, 7) is 3.54. The average Bonchev–Trinajstić information content (AvgIpc) is 2.71. The second kappa shape index (κ2) is 10.2. The number of unbranched alkanes of at least 4 members (excludes halogenated alkanes) is 1. The van der Waals surface area contributed by atoms with E-state index in [-0.39, 0.29) is 11.7 Å². The van der Waals surface area contributed by atoms with Gasteiger partial charge in [0.15, 0.2) is 0 Å². The van der Waals surface area contributed by atoms with Gasteiger partial charge >= 0.3 is 0 Å². The van der Waals surface area contributed by atoms with E-state index in [9.17, 15) is 13.2 Å². The highest BCUT2D eigenvalue weighted by atomic mass is 32.2. The Kier molecular flexibility index (Phi) is 8.02. The Morgan fingerprint density at radius 1 is 1.00 bits per heavy atom. The van der Waals surface area contributed by atoms with E-state index in [2.05, 4.69) is 28.9 Å². The van der Waals surface area contributed by atoms with E-state index in [0.717, 1.165) is 30.6 Å². The summed E-state index contributed by atoms with van der Waals surface area (Å²) in [6.07, 6.45) is 2.29. The highest BCUT2D eigenvalue weighted by molar-refractivity contribution is 7.88. The third kappa shape index (κ3) is 6.65. The second-order valence-electron chi connectivity index (χ2n) is 6.78. The zero-order valence-electron chi connectivity index (χ0n) is 16.7. The number of hydrogen-bond acceptors (Lipinski definition) is 4. The van der Waals surface area contributed by atoms with Gasteiger partial charge in [0, 0.05) is 31.4 Å². The number of anilines is 1. The summed E-state index contributed by atoms with van der Waals surface area (Å²) < 4.78 is 25.4. The zero-order valence-corrected chi connectivity index (χ0v) is 17.6. The first-order valence-corrected chi connectivity index (χ1v) is 11.1. The SMILES string of the molecule is CCCCN(C)c1ccc(C(=O)NCc2ccc(CS(=O)(=O)NC)cc2)cc1. The van der Waals surface area contributed by atoms with Crippen LogP contribution in [0.1, 0.15) is 41.3 Å². The molecular formula is C21H29N3O3S. The summed E-state index contributed by atoms with van der Waals surface area (Å²) in [6, 6.07) is 14.8. The fourth-order valence-corrected chi connectivity index (χ4v) is 3.50. The molecule has 0 radical (unpaired) electrons. The molecule has 0 atom stereocenters. The van der Waals surface area contributed by atoms with E-state index in [0.29, 0.717) is 17.7 Å². The van der Waals surface area contributed by atoms with Crippen LogP contribution in [0.5, 0.6) is 0 Å². The summed E-state index contributed by atoms with van der Waals surface area (Å²) in [4.78, 5) is 14.5. The number of amides is 1. The molecule has 0 heterocycles. The van der Waals surface area contributed by atoms with Gasteiger partial charge in [-0.3, -0.25) is 4.79 Å². The van der Waals surface area contributed by atoms with Gasteiger partial charge in [0.1, 0.15) is 0 Å². The number of carbonyl (C=O) groups excluding carboxylic acids is 1. The van der Waals surface area contributed by atoms with Gasteiger partial charge in [-0.05, 0) is 48.9 Å². The number of nitrogens with zero attached hydrogens (tertiary/aromatic N) is 1. The molecule has 0 aliphatic heterocycles. The number of rotatable bonds is 10. The van der Waals surface area contributed by atoms with Crippen LogP contribution in [0.2, 0.25) is 0 Å². The Morgan fingerprint density at radius 3 is 2.18 bits per heavy atom. The van der Waals surface area contributed by atoms with E-state index in [1.165, 1.54) is 7.05 Å². The van der Waals surface area contributed by atoms with E-state index < -0.39 is 10.0 Å². The predicted molar refractivity (Wildman–Crippen MR) is 114 cm³/mol. The average molecular weight is 404 g/mol. The minimum atomic E-state index is -3.29. The molecule has 0 bridgehead atoms. The molecule has 2 aromatic rings. The Bertz CT molecular complexity index is 863. The minimum Gasteiger partial charge on any atom is -0.375 e. The van der Waals surface area contributed by atoms with Gasteiger partial charge < -0.3 is 10.2 Å². The van der Waals surface area contributed by atoms with Crippen molar-refractivity contribution in [1.29, 1.82) is 0 Å². The van der Waals surface area contributed by atoms with Crippen molar-refractivity contribution in [2.75, 3.05) is 25.5 Å². The first kappa shape index (κ1) is 21.9. The lowest BCUT2D eigenvalue weighted by atomic mass is 10.1. The van der Waals surface area contributed by atoms with Crippen LogP contribution < -0.4 is 14.9 Å². The molecule has 2 rings (SSSR count). The number of benzene rings is 2. The Morgan fingerprint density at radius 2 is 1.61 bits per heavy atom. The molecule has 28 heavy (non-hydrogen) atoms. The highest BCUT2D eigenvalue weighted by Gasteiger charge is 2.09. The van der Waals surface area contributed by atoms with Crippen LogP contribution in [0.15, 0.2) is 48.5 Å². The fraction of sp³-hybridized carbons (Fsp3) is 0.381. The summed E-state index contributed by atoms with van der Waals surface area (Å²) in [7, 11) is 0.164. The molecule has 6 nitrogen and oxygen atoms in total. The molecule has 0 saturated heterocycles. The molecule has 0 fully saturated rings. The normalized spacial score (nSPS) is 11.2. The third-order valence-electron chi connectivity index (χ3n) is 4.56. The van der Waals surface area contributed by atoms with Crippen LogP contribution in [0.4, 0.5) is 5.69 Å². The lowest BCUT2D eigenvalue weighted by Gasteiger charge is -2.19. The van der Waals surface area contributed by atoms with E-state index in [1.807, 2.05) is 36.4 Å². The molecule has 152 valence electrons. The monoisotopic (exact) mass is 403 g/mol. The third-order valence-corrected chi connectivity index (χ3v) is 5.90. The van der Waals surface area contributed by atoms with E-state index in [4.69, 9.17) is 0 Å². The molecular weight excluding hydrogens is 374 g/mol. The molecule has 0 aromatic heterocycles. The summed E-state index contributed by atoms with van der Waals surface area (Å²) in [5.74, 6) is -0.195. The maximum Gasteiger partial charge on any atom is 0.251 e. The predicted octanol–water partition coefficient (Wildman–Crippen LogP) is 2.90. The molecule has 0 aliphatic carbocycles. The van der Waals surface area contributed by atoms with Gasteiger partial charge in [0.2, 0.25) is 10.0 Å². The number of nitrogens with one attached hydrogen (secondary N) is 2. The van der Waals surface area contributed by atoms with Crippen molar-refractivity contribution in [3.63, 3.8) is 0 Å². The fourth-order valence-electron chi connectivity index (χ4n) is 2.72. The van der Waals surface area contributed by atoms with Crippen LogP contribution in [0, 0.1) is 0 Å². The summed E-state index contributed by atoms with van der Waals surface area (Å²) >= 11 is 0. The van der Waals surface area contributed by atoms with E-state index >= 15 is 0 Å². The molecule has 7 heteroatoms. The van der Waals surface area contributed by atoms with Crippen molar-refractivity contribution >= 4 is 21.6 Å². The van der Waals surface area contributed by atoms with Crippen LogP contribution in [-0.4, -0.2) is 35.0 Å². The first-order chi connectivity index (χ1) is 13.3. The second-order valence-corrected chi connectivity index (χ2v) is 8.71. The molecule has 2 N–H and O–H groups in total. The van der Waals surface area contributed by atoms with Gasteiger partial charge in [0.25, 0.3) is 5.91 Å². The molecule has 1 amide bonds. The topological polar surface area (TPSA) is 78.5 Å². The number of hydrogen-bond donors (Lipinski definition) is 2. The van der Waals surface area contributed by atoms with Gasteiger partial charge in [0.05, 0.1) is 5.75 Å². The van der Waals surface area contributed by atoms with Crippen molar-refractivity contribution in [2.45, 2.75) is 32.1 Å². The van der Waals surface area contributed by atoms with Crippen molar-refractivity contribution in [2.24, 2.45) is 0 Å². The summed E-state index contributed by atoms with van der Waals surface area (Å²) in [5, 5.41) is 2.89. The van der Waals surface area contributed by atoms with Gasteiger partial charge in [-0.1, -0.05) is 37.6 Å². The van der Waals surface area contributed by atoms with E-state index in [1.54, 1.807) is 12.1 Å². The quantitative estimate of drug-likeness (QED) is 0.639. The standard InChI is InChI=1S/C21H29N3O3S/c1-4-5-14-24(3)20-12-10-19(11-13-20)21(25)23-15-17-6-8-18(9-7-17)16-28(26,27)22-2/h6-13,22H,4-5,14-16H2,1-3H3,(H,23,25). The van der Waals surface area contributed by atoms with Gasteiger partial charge in [-0.15, -0.1) is 0 Å². The Hall–Kier alpha value is -2.38. The zero-order chi connectivity index (χ0) is 20.6. The molecule has 0 unspecified atom stereocenters. The smallest absolute Gasteiger partial charge is 0.251 e. The van der Waals surface area contributed by atoms with Crippen molar-refractivity contribution in [3.05, 3.63) is 65.2 Å². The Labute approximate surface area is 168 Å². The Balaban J connectivity index is 1.89. The van der Waals surface area contributed by atoms with Crippen LogP contribution in [-0.2, 0) is 22.3 Å². The highest BCUT2D eigenvalue weighted by Crippen LogP contribution is 2.15. The maximum absolute atomic E-state index is 12.4. The van der Waals surface area contributed by atoms with Crippen LogP contribution in [0.3, 0.4) is 0 Å². The van der Waals surface area contributed by atoms with Crippen LogP contribution >= 0.6 is 0 Å². The van der Waals surface area contributed by atoms with Crippen molar-refractivity contribution < 1.29 is 13.2 Å². The summed E-state index contributed by atoms with van der Waals surface area (Å²) in [5.41, 5.74) is 3.32. The van der Waals surface area contributed by atoms with Gasteiger partial charge in [-0.2, -0.15) is 0 Å².